The molecule has 102 valence electrons. The van der Waals surface area contributed by atoms with Crippen molar-refractivity contribution in [3.63, 3.8) is 0 Å². The van der Waals surface area contributed by atoms with Gasteiger partial charge in [0.05, 0.1) is 5.88 Å². The molecule has 1 aliphatic rings. The monoisotopic (exact) mass is 341 g/mol. The summed E-state index contributed by atoms with van der Waals surface area (Å²) in [5.74, 6) is 1.37. The van der Waals surface area contributed by atoms with Crippen LogP contribution in [0, 0.1) is 5.41 Å². The second-order valence-electron chi connectivity index (χ2n) is 5.45. The molecule has 2 aromatic heterocycles. The van der Waals surface area contributed by atoms with Crippen LogP contribution in [0.2, 0.25) is 0 Å². The van der Waals surface area contributed by atoms with Gasteiger partial charge in [0.2, 0.25) is 0 Å². The van der Waals surface area contributed by atoms with E-state index in [0.29, 0.717) is 11.3 Å². The standard InChI is InChI=1S/C14H17BrClN3/c1-2-14(4-3-5-14)9-19-12(7-16)18-11-6-10(15)8-17-13(11)19/h6,8H,2-5,7,9H2,1H3. The highest BCUT2D eigenvalue weighted by Gasteiger charge is 2.36. The van der Waals surface area contributed by atoms with Gasteiger partial charge in [-0.05, 0) is 46.7 Å². The molecule has 0 saturated heterocycles. The molecular weight excluding hydrogens is 326 g/mol. The van der Waals surface area contributed by atoms with E-state index in [1.807, 2.05) is 12.3 Å². The van der Waals surface area contributed by atoms with E-state index in [4.69, 9.17) is 11.6 Å². The largest absolute Gasteiger partial charge is 0.311 e. The number of rotatable bonds is 4. The average Bonchev–Trinajstić information content (AvgIpc) is 2.70. The van der Waals surface area contributed by atoms with Crippen LogP contribution in [0.15, 0.2) is 16.7 Å². The van der Waals surface area contributed by atoms with Gasteiger partial charge in [-0.25, -0.2) is 9.97 Å². The number of pyridine rings is 1. The highest BCUT2D eigenvalue weighted by molar-refractivity contribution is 9.10. The molecule has 0 amide bonds. The molecule has 0 radical (unpaired) electrons. The zero-order valence-electron chi connectivity index (χ0n) is 11.0. The van der Waals surface area contributed by atoms with Crippen LogP contribution in [-0.2, 0) is 12.4 Å². The minimum Gasteiger partial charge on any atom is -0.311 e. The predicted octanol–water partition coefficient (Wildman–Crippen LogP) is 4.51. The molecule has 0 unspecified atom stereocenters. The molecule has 0 atom stereocenters. The van der Waals surface area contributed by atoms with Crippen LogP contribution in [0.5, 0.6) is 0 Å². The summed E-state index contributed by atoms with van der Waals surface area (Å²) in [6.07, 6.45) is 7.00. The minimum atomic E-state index is 0.434. The molecule has 0 bridgehead atoms. The second-order valence-corrected chi connectivity index (χ2v) is 6.63. The summed E-state index contributed by atoms with van der Waals surface area (Å²) in [6, 6.07) is 2.01. The molecule has 3 nitrogen and oxygen atoms in total. The fraction of sp³-hybridized carbons (Fsp3) is 0.571. The first kappa shape index (κ1) is 13.4. The fourth-order valence-electron chi connectivity index (χ4n) is 2.94. The predicted molar refractivity (Wildman–Crippen MR) is 81.4 cm³/mol. The SMILES string of the molecule is CCC1(Cn2c(CCl)nc3cc(Br)cnc32)CCC1. The maximum absolute atomic E-state index is 6.05. The Bertz CT molecular complexity index is 598. The third-order valence-corrected chi connectivity index (χ3v) is 5.08. The molecule has 3 rings (SSSR count). The molecule has 1 fully saturated rings. The van der Waals surface area contributed by atoms with Crippen LogP contribution in [0.4, 0.5) is 0 Å². The van der Waals surface area contributed by atoms with Crippen LogP contribution in [0.25, 0.3) is 11.2 Å². The maximum atomic E-state index is 6.05. The van der Waals surface area contributed by atoms with Gasteiger partial charge in [-0.3, -0.25) is 0 Å². The first-order valence-corrected chi connectivity index (χ1v) is 8.07. The van der Waals surface area contributed by atoms with Gasteiger partial charge in [0.25, 0.3) is 0 Å². The average molecular weight is 343 g/mol. The van der Waals surface area contributed by atoms with Crippen molar-refractivity contribution in [2.45, 2.75) is 45.0 Å². The summed E-state index contributed by atoms with van der Waals surface area (Å²) >= 11 is 9.50. The smallest absolute Gasteiger partial charge is 0.160 e. The van der Waals surface area contributed by atoms with Crippen LogP contribution in [0.1, 0.15) is 38.4 Å². The number of imidazole rings is 1. The van der Waals surface area contributed by atoms with E-state index in [-0.39, 0.29) is 0 Å². The Kier molecular flexibility index (Phi) is 3.56. The van der Waals surface area contributed by atoms with Gasteiger partial charge in [0, 0.05) is 17.2 Å². The Morgan fingerprint density at radius 2 is 2.26 bits per heavy atom. The highest BCUT2D eigenvalue weighted by atomic mass is 79.9. The summed E-state index contributed by atoms with van der Waals surface area (Å²) < 4.78 is 3.18. The van der Waals surface area contributed by atoms with E-state index in [2.05, 4.69) is 37.4 Å². The molecule has 19 heavy (non-hydrogen) atoms. The first-order valence-electron chi connectivity index (χ1n) is 6.74. The number of halogens is 2. The Labute approximate surface area is 126 Å². The molecule has 2 heterocycles. The first-order chi connectivity index (χ1) is 9.17. The Morgan fingerprint density at radius 3 is 2.84 bits per heavy atom. The zero-order valence-corrected chi connectivity index (χ0v) is 13.3. The molecule has 1 aliphatic carbocycles. The third-order valence-electron chi connectivity index (χ3n) is 4.41. The Morgan fingerprint density at radius 1 is 1.47 bits per heavy atom. The number of alkyl halides is 1. The van der Waals surface area contributed by atoms with Crippen LogP contribution in [-0.4, -0.2) is 14.5 Å². The van der Waals surface area contributed by atoms with E-state index in [1.165, 1.54) is 25.7 Å². The van der Waals surface area contributed by atoms with Crippen molar-refractivity contribution in [3.05, 3.63) is 22.6 Å². The van der Waals surface area contributed by atoms with E-state index < -0.39 is 0 Å². The lowest BCUT2D eigenvalue weighted by Crippen LogP contribution is -2.34. The zero-order chi connectivity index (χ0) is 13.5. The molecule has 0 spiro atoms. The fourth-order valence-corrected chi connectivity index (χ4v) is 3.46. The molecule has 2 aromatic rings. The lowest BCUT2D eigenvalue weighted by Gasteiger charge is -2.41. The number of hydrogen-bond donors (Lipinski definition) is 0. The van der Waals surface area contributed by atoms with Crippen molar-refractivity contribution < 1.29 is 0 Å². The summed E-state index contributed by atoms with van der Waals surface area (Å²) in [5.41, 5.74) is 2.32. The Hall–Kier alpha value is -0.610. The van der Waals surface area contributed by atoms with E-state index in [0.717, 1.165) is 28.0 Å². The third kappa shape index (κ3) is 2.29. The summed E-state index contributed by atoms with van der Waals surface area (Å²) in [6.45, 7) is 3.28. The van der Waals surface area contributed by atoms with Gasteiger partial charge in [0.1, 0.15) is 11.3 Å². The molecule has 0 aliphatic heterocycles. The lowest BCUT2D eigenvalue weighted by atomic mass is 9.67. The van der Waals surface area contributed by atoms with E-state index >= 15 is 0 Å². The van der Waals surface area contributed by atoms with Crippen molar-refractivity contribution in [2.75, 3.05) is 0 Å². The van der Waals surface area contributed by atoms with Crippen molar-refractivity contribution >= 4 is 38.7 Å². The summed E-state index contributed by atoms with van der Waals surface area (Å²) in [4.78, 5) is 9.13. The van der Waals surface area contributed by atoms with Gasteiger partial charge in [-0.1, -0.05) is 13.3 Å². The van der Waals surface area contributed by atoms with Crippen molar-refractivity contribution in [1.82, 2.24) is 14.5 Å². The second kappa shape index (κ2) is 5.06. The molecule has 5 heteroatoms. The van der Waals surface area contributed by atoms with Crippen LogP contribution < -0.4 is 0 Å². The van der Waals surface area contributed by atoms with Crippen molar-refractivity contribution in [2.24, 2.45) is 5.41 Å². The van der Waals surface area contributed by atoms with Crippen molar-refractivity contribution in [1.29, 1.82) is 0 Å². The highest BCUT2D eigenvalue weighted by Crippen LogP contribution is 2.45. The van der Waals surface area contributed by atoms with E-state index in [1.54, 1.807) is 0 Å². The van der Waals surface area contributed by atoms with Crippen LogP contribution in [0.3, 0.4) is 0 Å². The van der Waals surface area contributed by atoms with Gasteiger partial charge in [-0.15, -0.1) is 11.6 Å². The van der Waals surface area contributed by atoms with E-state index in [9.17, 15) is 0 Å². The normalized spacial score (nSPS) is 17.6. The summed E-state index contributed by atoms with van der Waals surface area (Å²) in [5, 5.41) is 0. The quantitative estimate of drug-likeness (QED) is 0.765. The number of fused-ring (bicyclic) bond motifs is 1. The molecule has 0 N–H and O–H groups in total. The van der Waals surface area contributed by atoms with Gasteiger partial charge in [-0.2, -0.15) is 0 Å². The Balaban J connectivity index is 2.05. The topological polar surface area (TPSA) is 30.7 Å². The number of nitrogens with zero attached hydrogens (tertiary/aromatic N) is 3. The number of aromatic nitrogens is 3. The van der Waals surface area contributed by atoms with Gasteiger partial charge >= 0.3 is 0 Å². The van der Waals surface area contributed by atoms with Crippen molar-refractivity contribution in [3.8, 4) is 0 Å². The van der Waals surface area contributed by atoms with Gasteiger partial charge < -0.3 is 4.57 Å². The number of hydrogen-bond acceptors (Lipinski definition) is 2. The minimum absolute atomic E-state index is 0.434. The lowest BCUT2D eigenvalue weighted by molar-refractivity contribution is 0.101. The maximum Gasteiger partial charge on any atom is 0.160 e. The van der Waals surface area contributed by atoms with Gasteiger partial charge in [0.15, 0.2) is 5.65 Å². The molecule has 0 aromatic carbocycles. The molecular formula is C14H17BrClN3. The van der Waals surface area contributed by atoms with Crippen LogP contribution >= 0.6 is 27.5 Å². The molecule has 1 saturated carbocycles. The summed E-state index contributed by atoms with van der Waals surface area (Å²) in [7, 11) is 0.